The normalized spacial score (nSPS) is 14.2. The van der Waals surface area contributed by atoms with Crippen LogP contribution in [0.5, 0.6) is 0 Å². The zero-order valence-corrected chi connectivity index (χ0v) is 12.2. The maximum atomic E-state index is 12.7. The molecule has 0 bridgehead atoms. The van der Waals surface area contributed by atoms with Gasteiger partial charge in [-0.3, -0.25) is 9.48 Å². The number of aryl methyl sites for hydroxylation is 2. The van der Waals surface area contributed by atoms with E-state index in [2.05, 4.69) is 23.3 Å². The molecule has 0 atom stereocenters. The summed E-state index contributed by atoms with van der Waals surface area (Å²) >= 11 is 0. The van der Waals surface area contributed by atoms with Crippen LogP contribution in [-0.4, -0.2) is 27.1 Å². The third-order valence-corrected chi connectivity index (χ3v) is 4.14. The van der Waals surface area contributed by atoms with E-state index in [1.807, 2.05) is 31.9 Å². The predicted molar refractivity (Wildman–Crippen MR) is 77.6 cm³/mol. The van der Waals surface area contributed by atoms with Gasteiger partial charge in [-0.25, -0.2) is 0 Å². The first-order valence-corrected chi connectivity index (χ1v) is 6.94. The van der Waals surface area contributed by atoms with Crippen molar-refractivity contribution in [3.05, 3.63) is 52.3 Å². The van der Waals surface area contributed by atoms with Gasteiger partial charge in [0, 0.05) is 25.8 Å². The standard InChI is InChI=1S/C16H19N3O/c1-11-15(12(2)18(3)17-11)16(20)19-9-8-13-6-4-5-7-14(13)10-19/h4-7H,8-10H2,1-3H3. The quantitative estimate of drug-likeness (QED) is 0.796. The summed E-state index contributed by atoms with van der Waals surface area (Å²) in [7, 11) is 1.88. The Kier molecular flexibility index (Phi) is 3.08. The van der Waals surface area contributed by atoms with Crippen molar-refractivity contribution in [1.82, 2.24) is 14.7 Å². The summed E-state index contributed by atoms with van der Waals surface area (Å²) in [6.45, 7) is 5.33. The Morgan fingerprint density at radius 1 is 1.20 bits per heavy atom. The molecule has 0 saturated carbocycles. The van der Waals surface area contributed by atoms with Gasteiger partial charge in [-0.05, 0) is 31.4 Å². The molecule has 0 aliphatic carbocycles. The summed E-state index contributed by atoms with van der Waals surface area (Å²) in [5.41, 5.74) is 5.12. The van der Waals surface area contributed by atoms with E-state index in [0.717, 1.165) is 29.9 Å². The summed E-state index contributed by atoms with van der Waals surface area (Å²) in [6.07, 6.45) is 0.931. The van der Waals surface area contributed by atoms with E-state index in [4.69, 9.17) is 0 Å². The summed E-state index contributed by atoms with van der Waals surface area (Å²) in [4.78, 5) is 14.7. The second kappa shape index (κ2) is 4.78. The number of hydrogen-bond donors (Lipinski definition) is 0. The minimum Gasteiger partial charge on any atom is -0.334 e. The molecule has 1 aliphatic rings. The van der Waals surface area contributed by atoms with Crippen molar-refractivity contribution in [1.29, 1.82) is 0 Å². The molecule has 2 heterocycles. The zero-order valence-electron chi connectivity index (χ0n) is 12.2. The van der Waals surface area contributed by atoms with E-state index in [9.17, 15) is 4.79 Å². The fourth-order valence-corrected chi connectivity index (χ4v) is 2.91. The molecule has 0 radical (unpaired) electrons. The minimum atomic E-state index is 0.0996. The topological polar surface area (TPSA) is 38.1 Å². The Labute approximate surface area is 119 Å². The lowest BCUT2D eigenvalue weighted by molar-refractivity contribution is 0.0733. The molecule has 20 heavy (non-hydrogen) atoms. The number of amides is 1. The maximum absolute atomic E-state index is 12.7. The fraction of sp³-hybridized carbons (Fsp3) is 0.375. The van der Waals surface area contributed by atoms with Crippen LogP contribution in [0.1, 0.15) is 32.9 Å². The molecule has 0 spiro atoms. The van der Waals surface area contributed by atoms with Gasteiger partial charge in [0.05, 0.1) is 11.3 Å². The van der Waals surface area contributed by atoms with E-state index in [0.29, 0.717) is 6.54 Å². The number of carbonyl (C=O) groups is 1. The molecule has 1 aliphatic heterocycles. The van der Waals surface area contributed by atoms with Crippen molar-refractivity contribution < 1.29 is 4.79 Å². The first-order chi connectivity index (χ1) is 9.58. The molecule has 4 nitrogen and oxygen atoms in total. The van der Waals surface area contributed by atoms with Crippen molar-refractivity contribution in [2.45, 2.75) is 26.8 Å². The van der Waals surface area contributed by atoms with Gasteiger partial charge in [0.2, 0.25) is 0 Å². The van der Waals surface area contributed by atoms with E-state index in [1.54, 1.807) is 4.68 Å². The summed E-state index contributed by atoms with van der Waals surface area (Å²) < 4.78 is 1.78. The van der Waals surface area contributed by atoms with Gasteiger partial charge in [-0.15, -0.1) is 0 Å². The lowest BCUT2D eigenvalue weighted by atomic mass is 9.99. The smallest absolute Gasteiger partial charge is 0.257 e. The molecule has 0 fully saturated rings. The van der Waals surface area contributed by atoms with E-state index < -0.39 is 0 Å². The average molecular weight is 269 g/mol. The molecule has 4 heteroatoms. The van der Waals surface area contributed by atoms with Crippen LogP contribution in [0.2, 0.25) is 0 Å². The molecule has 1 aromatic heterocycles. The van der Waals surface area contributed by atoms with Crippen LogP contribution in [-0.2, 0) is 20.0 Å². The number of benzene rings is 1. The minimum absolute atomic E-state index is 0.0996. The molecule has 104 valence electrons. The van der Waals surface area contributed by atoms with Crippen molar-refractivity contribution >= 4 is 5.91 Å². The van der Waals surface area contributed by atoms with Crippen LogP contribution in [0.3, 0.4) is 0 Å². The Morgan fingerprint density at radius 2 is 1.90 bits per heavy atom. The predicted octanol–water partition coefficient (Wildman–Crippen LogP) is 2.24. The van der Waals surface area contributed by atoms with E-state index >= 15 is 0 Å². The van der Waals surface area contributed by atoms with Gasteiger partial charge in [0.25, 0.3) is 5.91 Å². The molecule has 0 N–H and O–H groups in total. The highest BCUT2D eigenvalue weighted by Crippen LogP contribution is 2.22. The van der Waals surface area contributed by atoms with Gasteiger partial charge in [0.1, 0.15) is 0 Å². The second-order valence-electron chi connectivity index (χ2n) is 5.41. The van der Waals surface area contributed by atoms with E-state index in [1.165, 1.54) is 11.1 Å². The number of rotatable bonds is 1. The number of hydrogen-bond acceptors (Lipinski definition) is 2. The third-order valence-electron chi connectivity index (χ3n) is 4.14. The lowest BCUT2D eigenvalue weighted by Crippen LogP contribution is -2.36. The molecule has 3 rings (SSSR count). The van der Waals surface area contributed by atoms with Crippen molar-refractivity contribution in [3.8, 4) is 0 Å². The van der Waals surface area contributed by atoms with Crippen molar-refractivity contribution in [3.63, 3.8) is 0 Å². The third kappa shape index (κ3) is 2.01. The molecule has 0 saturated heterocycles. The van der Waals surface area contributed by atoms with Crippen LogP contribution >= 0.6 is 0 Å². The highest BCUT2D eigenvalue weighted by atomic mass is 16.2. The van der Waals surface area contributed by atoms with Crippen LogP contribution < -0.4 is 0 Å². The number of aromatic nitrogens is 2. The maximum Gasteiger partial charge on any atom is 0.257 e. The summed E-state index contributed by atoms with van der Waals surface area (Å²) in [5, 5.41) is 4.34. The van der Waals surface area contributed by atoms with Gasteiger partial charge in [0.15, 0.2) is 0 Å². The number of fused-ring (bicyclic) bond motifs is 1. The first kappa shape index (κ1) is 12.9. The highest BCUT2D eigenvalue weighted by Gasteiger charge is 2.25. The average Bonchev–Trinajstić information content (AvgIpc) is 2.71. The Bertz CT molecular complexity index is 672. The monoisotopic (exact) mass is 269 g/mol. The van der Waals surface area contributed by atoms with Crippen LogP contribution in [0.25, 0.3) is 0 Å². The zero-order chi connectivity index (χ0) is 14.3. The number of carbonyl (C=O) groups excluding carboxylic acids is 1. The Balaban J connectivity index is 1.90. The van der Waals surface area contributed by atoms with Gasteiger partial charge < -0.3 is 4.90 Å². The van der Waals surface area contributed by atoms with Crippen LogP contribution in [0.15, 0.2) is 24.3 Å². The molecule has 0 unspecified atom stereocenters. The molecular formula is C16H19N3O. The van der Waals surface area contributed by atoms with Gasteiger partial charge in [-0.2, -0.15) is 5.10 Å². The van der Waals surface area contributed by atoms with Crippen molar-refractivity contribution in [2.24, 2.45) is 7.05 Å². The highest BCUT2D eigenvalue weighted by molar-refractivity contribution is 5.96. The summed E-state index contributed by atoms with van der Waals surface area (Å²) in [6, 6.07) is 8.36. The van der Waals surface area contributed by atoms with Gasteiger partial charge in [-0.1, -0.05) is 24.3 Å². The van der Waals surface area contributed by atoms with Gasteiger partial charge >= 0.3 is 0 Å². The summed E-state index contributed by atoms with van der Waals surface area (Å²) in [5.74, 6) is 0.0996. The fourth-order valence-electron chi connectivity index (χ4n) is 2.91. The van der Waals surface area contributed by atoms with E-state index in [-0.39, 0.29) is 5.91 Å². The SMILES string of the molecule is Cc1nn(C)c(C)c1C(=O)N1CCc2ccccc2C1. The van der Waals surface area contributed by atoms with Crippen LogP contribution in [0, 0.1) is 13.8 Å². The molecule has 1 aromatic carbocycles. The van der Waals surface area contributed by atoms with Crippen molar-refractivity contribution in [2.75, 3.05) is 6.54 Å². The Hall–Kier alpha value is -2.10. The molecule has 2 aromatic rings. The lowest BCUT2D eigenvalue weighted by Gasteiger charge is -2.29. The largest absolute Gasteiger partial charge is 0.334 e. The molecular weight excluding hydrogens is 250 g/mol. The molecule has 1 amide bonds. The Morgan fingerprint density at radius 3 is 2.55 bits per heavy atom. The first-order valence-electron chi connectivity index (χ1n) is 6.94. The van der Waals surface area contributed by atoms with Crippen LogP contribution in [0.4, 0.5) is 0 Å². The second-order valence-corrected chi connectivity index (χ2v) is 5.41. The number of nitrogens with zero attached hydrogens (tertiary/aromatic N) is 3.